The van der Waals surface area contributed by atoms with E-state index in [9.17, 15) is 0 Å². The van der Waals surface area contributed by atoms with Crippen LogP contribution in [0.1, 0.15) is 19.1 Å². The number of furan rings is 1. The van der Waals surface area contributed by atoms with Gasteiger partial charge in [-0.3, -0.25) is 0 Å². The number of hydrogen-bond acceptors (Lipinski definition) is 3. The molecule has 0 saturated carbocycles. The molecule has 3 heteroatoms. The number of nitrogens with zero attached hydrogens (tertiary/aromatic N) is 1. The molecule has 0 amide bonds. The minimum Gasteiger partial charge on any atom is -0.460 e. The maximum absolute atomic E-state index is 5.80. The smallest absolute Gasteiger partial charge is 0.134 e. The Balaban J connectivity index is 1.50. The zero-order valence-corrected chi connectivity index (χ0v) is 11.6. The lowest BCUT2D eigenvalue weighted by Gasteiger charge is -2.13. The van der Waals surface area contributed by atoms with Crippen molar-refractivity contribution in [3.63, 3.8) is 0 Å². The van der Waals surface area contributed by atoms with Crippen molar-refractivity contribution in [3.05, 3.63) is 36.1 Å². The number of para-hydroxylation sites is 1. The minimum atomic E-state index is 0.796. The highest BCUT2D eigenvalue weighted by Gasteiger charge is 2.20. The Hall–Kier alpha value is -1.32. The Morgan fingerprint density at radius 2 is 2.26 bits per heavy atom. The first-order valence-electron chi connectivity index (χ1n) is 7.25. The van der Waals surface area contributed by atoms with Crippen LogP contribution in [-0.4, -0.2) is 31.1 Å². The van der Waals surface area contributed by atoms with Crippen LogP contribution in [0.2, 0.25) is 0 Å². The SMILES string of the molecule is CCN1CCC(CNCc2cc3ccccc3o2)C1. The average Bonchev–Trinajstić information content (AvgIpc) is 3.04. The first-order chi connectivity index (χ1) is 9.35. The van der Waals surface area contributed by atoms with Gasteiger partial charge in [0.2, 0.25) is 0 Å². The predicted molar refractivity (Wildman–Crippen MR) is 78.1 cm³/mol. The third kappa shape index (κ3) is 2.99. The van der Waals surface area contributed by atoms with Gasteiger partial charge in [0.25, 0.3) is 0 Å². The van der Waals surface area contributed by atoms with Gasteiger partial charge in [-0.2, -0.15) is 0 Å². The summed E-state index contributed by atoms with van der Waals surface area (Å²) < 4.78 is 5.80. The zero-order chi connectivity index (χ0) is 13.1. The summed E-state index contributed by atoms with van der Waals surface area (Å²) in [5.41, 5.74) is 0.984. The Labute approximate surface area is 114 Å². The van der Waals surface area contributed by atoms with Gasteiger partial charge in [-0.15, -0.1) is 0 Å². The van der Waals surface area contributed by atoms with Gasteiger partial charge in [0.05, 0.1) is 6.54 Å². The average molecular weight is 258 g/mol. The lowest BCUT2D eigenvalue weighted by Crippen LogP contribution is -2.26. The Morgan fingerprint density at radius 1 is 1.37 bits per heavy atom. The van der Waals surface area contributed by atoms with Gasteiger partial charge < -0.3 is 14.6 Å². The van der Waals surface area contributed by atoms with E-state index < -0.39 is 0 Å². The van der Waals surface area contributed by atoms with Crippen LogP contribution in [0.25, 0.3) is 11.0 Å². The van der Waals surface area contributed by atoms with Crippen LogP contribution >= 0.6 is 0 Å². The van der Waals surface area contributed by atoms with Gasteiger partial charge in [-0.1, -0.05) is 25.1 Å². The molecule has 1 aliphatic rings. The van der Waals surface area contributed by atoms with Crippen LogP contribution in [0.15, 0.2) is 34.7 Å². The van der Waals surface area contributed by atoms with E-state index in [1.54, 1.807) is 0 Å². The molecule has 0 aliphatic carbocycles. The molecule has 0 spiro atoms. The molecular weight excluding hydrogens is 236 g/mol. The summed E-state index contributed by atoms with van der Waals surface area (Å²) in [7, 11) is 0. The minimum absolute atomic E-state index is 0.796. The molecule has 1 atom stereocenters. The number of benzene rings is 1. The van der Waals surface area contributed by atoms with Crippen molar-refractivity contribution in [1.29, 1.82) is 0 Å². The highest BCUT2D eigenvalue weighted by atomic mass is 16.3. The van der Waals surface area contributed by atoms with Crippen LogP contribution in [-0.2, 0) is 6.54 Å². The molecular formula is C16H22N2O. The second-order valence-electron chi connectivity index (χ2n) is 5.43. The van der Waals surface area contributed by atoms with Crippen LogP contribution in [0.4, 0.5) is 0 Å². The molecule has 102 valence electrons. The van der Waals surface area contributed by atoms with Crippen molar-refractivity contribution in [1.82, 2.24) is 10.2 Å². The van der Waals surface area contributed by atoms with E-state index in [2.05, 4.69) is 29.3 Å². The predicted octanol–water partition coefficient (Wildman–Crippen LogP) is 2.86. The molecule has 1 aromatic carbocycles. The molecule has 3 rings (SSSR count). The fourth-order valence-corrected chi connectivity index (χ4v) is 2.89. The van der Waals surface area contributed by atoms with E-state index in [1.165, 1.54) is 31.4 Å². The molecule has 2 heterocycles. The van der Waals surface area contributed by atoms with Crippen LogP contribution in [0.3, 0.4) is 0 Å². The molecule has 0 bridgehead atoms. The first kappa shape index (κ1) is 12.7. The maximum atomic E-state index is 5.80. The van der Waals surface area contributed by atoms with Gasteiger partial charge in [0.15, 0.2) is 0 Å². The van der Waals surface area contributed by atoms with Gasteiger partial charge >= 0.3 is 0 Å². The third-order valence-corrected chi connectivity index (χ3v) is 4.03. The summed E-state index contributed by atoms with van der Waals surface area (Å²) >= 11 is 0. The van der Waals surface area contributed by atoms with Gasteiger partial charge in [0, 0.05) is 11.9 Å². The summed E-state index contributed by atoms with van der Waals surface area (Å²) in [5.74, 6) is 1.83. The van der Waals surface area contributed by atoms with E-state index in [4.69, 9.17) is 4.42 Å². The molecule has 19 heavy (non-hydrogen) atoms. The van der Waals surface area contributed by atoms with Crippen molar-refractivity contribution in [3.8, 4) is 0 Å². The molecule has 0 radical (unpaired) electrons. The van der Waals surface area contributed by atoms with E-state index >= 15 is 0 Å². The van der Waals surface area contributed by atoms with Crippen LogP contribution in [0, 0.1) is 5.92 Å². The van der Waals surface area contributed by atoms with Crippen molar-refractivity contribution in [2.75, 3.05) is 26.2 Å². The molecule has 1 unspecified atom stereocenters. The summed E-state index contributed by atoms with van der Waals surface area (Å²) in [4.78, 5) is 2.52. The third-order valence-electron chi connectivity index (χ3n) is 4.03. The number of fused-ring (bicyclic) bond motifs is 1. The molecule has 1 aromatic heterocycles. The van der Waals surface area contributed by atoms with Crippen molar-refractivity contribution in [2.24, 2.45) is 5.92 Å². The van der Waals surface area contributed by atoms with Gasteiger partial charge in [0.1, 0.15) is 11.3 Å². The second-order valence-corrected chi connectivity index (χ2v) is 5.43. The largest absolute Gasteiger partial charge is 0.460 e. The maximum Gasteiger partial charge on any atom is 0.134 e. The summed E-state index contributed by atoms with van der Waals surface area (Å²) in [6.45, 7) is 7.84. The summed E-state index contributed by atoms with van der Waals surface area (Å²) in [6.07, 6.45) is 1.32. The Bertz CT molecular complexity index is 501. The van der Waals surface area contributed by atoms with E-state index in [-0.39, 0.29) is 0 Å². The summed E-state index contributed by atoms with van der Waals surface area (Å²) in [6, 6.07) is 10.3. The first-order valence-corrected chi connectivity index (χ1v) is 7.25. The normalized spacial score (nSPS) is 20.4. The van der Waals surface area contributed by atoms with Gasteiger partial charge in [-0.25, -0.2) is 0 Å². The molecule has 2 aromatic rings. The van der Waals surface area contributed by atoms with Crippen molar-refractivity contribution in [2.45, 2.75) is 19.9 Å². The fraction of sp³-hybridized carbons (Fsp3) is 0.500. The van der Waals surface area contributed by atoms with E-state index in [1.807, 2.05) is 18.2 Å². The quantitative estimate of drug-likeness (QED) is 0.894. The van der Waals surface area contributed by atoms with Gasteiger partial charge in [-0.05, 0) is 44.1 Å². The molecule has 1 saturated heterocycles. The number of likely N-dealkylation sites (tertiary alicyclic amines) is 1. The van der Waals surface area contributed by atoms with E-state index in [0.717, 1.165) is 30.4 Å². The lowest BCUT2D eigenvalue weighted by atomic mass is 10.1. The highest BCUT2D eigenvalue weighted by Crippen LogP contribution is 2.19. The van der Waals surface area contributed by atoms with Crippen LogP contribution in [0.5, 0.6) is 0 Å². The number of nitrogens with one attached hydrogen (secondary N) is 1. The van der Waals surface area contributed by atoms with Crippen molar-refractivity contribution >= 4 is 11.0 Å². The van der Waals surface area contributed by atoms with Crippen LogP contribution < -0.4 is 5.32 Å². The molecule has 3 nitrogen and oxygen atoms in total. The van der Waals surface area contributed by atoms with Crippen molar-refractivity contribution < 1.29 is 4.42 Å². The lowest BCUT2D eigenvalue weighted by molar-refractivity contribution is 0.338. The number of hydrogen-bond donors (Lipinski definition) is 1. The standard InChI is InChI=1S/C16H22N2O/c1-2-18-8-7-13(12-18)10-17-11-15-9-14-5-3-4-6-16(14)19-15/h3-6,9,13,17H,2,7-8,10-12H2,1H3. The Kier molecular flexibility index (Phi) is 3.85. The zero-order valence-electron chi connectivity index (χ0n) is 11.6. The highest BCUT2D eigenvalue weighted by molar-refractivity contribution is 5.77. The second kappa shape index (κ2) is 5.76. The van der Waals surface area contributed by atoms with E-state index in [0.29, 0.717) is 0 Å². The fourth-order valence-electron chi connectivity index (χ4n) is 2.89. The number of rotatable bonds is 5. The molecule has 1 aliphatic heterocycles. The summed E-state index contributed by atoms with van der Waals surface area (Å²) in [5, 5.41) is 4.72. The Morgan fingerprint density at radius 3 is 3.05 bits per heavy atom. The molecule has 1 N–H and O–H groups in total. The monoisotopic (exact) mass is 258 g/mol. The molecule has 1 fully saturated rings. The topological polar surface area (TPSA) is 28.4 Å².